The number of hydrogen-bond acceptors (Lipinski definition) is 4. The number of hydrogen-bond donors (Lipinski definition) is 1. The van der Waals surface area contributed by atoms with Crippen molar-refractivity contribution in [3.05, 3.63) is 0 Å². The summed E-state index contributed by atoms with van der Waals surface area (Å²) in [4.78, 5) is 4.68. The molecule has 0 radical (unpaired) electrons. The van der Waals surface area contributed by atoms with E-state index in [1.54, 1.807) is 0 Å². The second kappa shape index (κ2) is 8.11. The van der Waals surface area contributed by atoms with Crippen LogP contribution in [-0.2, 0) is 4.74 Å². The first-order valence-corrected chi connectivity index (χ1v) is 7.20. The molecule has 1 aliphatic rings. The van der Waals surface area contributed by atoms with Crippen molar-refractivity contribution in [1.29, 1.82) is 0 Å². The largest absolute Gasteiger partial charge is 0.522 e. The third-order valence-electron chi connectivity index (χ3n) is 3.41. The van der Waals surface area contributed by atoms with Crippen LogP contribution >= 0.6 is 12.2 Å². The highest BCUT2D eigenvalue weighted by Gasteiger charge is 2.30. The van der Waals surface area contributed by atoms with Gasteiger partial charge in [0.05, 0.1) is 17.6 Å². The molecule has 0 aromatic carbocycles. The number of alkyl halides is 3. The van der Waals surface area contributed by atoms with Gasteiger partial charge < -0.3 is 5.73 Å². The second-order valence-electron chi connectivity index (χ2n) is 4.88. The van der Waals surface area contributed by atoms with Crippen molar-refractivity contribution >= 4 is 17.2 Å². The minimum absolute atomic E-state index is 0.101. The number of nitrogens with zero attached hydrogens (tertiary/aromatic N) is 2. The Hall–Kier alpha value is -0.440. The lowest BCUT2D eigenvalue weighted by Gasteiger charge is -2.38. The average Bonchev–Trinajstić information content (AvgIpc) is 2.35. The van der Waals surface area contributed by atoms with Gasteiger partial charge in [0.15, 0.2) is 0 Å². The summed E-state index contributed by atoms with van der Waals surface area (Å²) in [5.74, 6) is 0. The van der Waals surface area contributed by atoms with Crippen molar-refractivity contribution in [3.8, 4) is 0 Å². The zero-order valence-electron chi connectivity index (χ0n) is 11.7. The van der Waals surface area contributed by atoms with Crippen molar-refractivity contribution in [1.82, 2.24) is 9.80 Å². The quantitative estimate of drug-likeness (QED) is 0.723. The van der Waals surface area contributed by atoms with Crippen molar-refractivity contribution in [2.75, 3.05) is 39.3 Å². The highest BCUT2D eigenvalue weighted by atomic mass is 32.1. The highest BCUT2D eigenvalue weighted by molar-refractivity contribution is 7.80. The maximum Gasteiger partial charge on any atom is 0.522 e. The van der Waals surface area contributed by atoms with Gasteiger partial charge in [0.2, 0.25) is 0 Å². The molecule has 1 rings (SSSR count). The second-order valence-corrected chi connectivity index (χ2v) is 5.35. The summed E-state index contributed by atoms with van der Waals surface area (Å²) in [7, 11) is 0. The van der Waals surface area contributed by atoms with Crippen LogP contribution < -0.4 is 5.73 Å². The molecule has 0 aliphatic carbocycles. The standard InChI is InChI=1S/C12H22F3N3OS/c1-2-3-10(11(16)20)18-6-4-17(5-7-18)8-9-19-12(13,14)15/h10H,2-9H2,1H3,(H2,16,20). The third kappa shape index (κ3) is 6.34. The summed E-state index contributed by atoms with van der Waals surface area (Å²) in [6.45, 7) is 5.02. The van der Waals surface area contributed by atoms with E-state index in [9.17, 15) is 13.2 Å². The molecular weight excluding hydrogens is 291 g/mol. The van der Waals surface area contributed by atoms with Crippen LogP contribution in [0.5, 0.6) is 0 Å². The summed E-state index contributed by atoms with van der Waals surface area (Å²) >= 11 is 5.08. The lowest BCUT2D eigenvalue weighted by atomic mass is 10.1. The van der Waals surface area contributed by atoms with Crippen molar-refractivity contribution in [2.24, 2.45) is 5.73 Å². The van der Waals surface area contributed by atoms with Crippen LogP contribution in [0.3, 0.4) is 0 Å². The molecule has 8 heteroatoms. The topological polar surface area (TPSA) is 41.7 Å². The molecule has 118 valence electrons. The van der Waals surface area contributed by atoms with E-state index in [2.05, 4.69) is 16.6 Å². The normalized spacial score (nSPS) is 20.0. The van der Waals surface area contributed by atoms with Gasteiger partial charge in [-0.2, -0.15) is 0 Å². The number of ether oxygens (including phenoxy) is 1. The molecule has 0 saturated carbocycles. The van der Waals surface area contributed by atoms with Crippen LogP contribution in [0.1, 0.15) is 19.8 Å². The van der Waals surface area contributed by atoms with Gasteiger partial charge in [-0.3, -0.25) is 14.5 Å². The summed E-state index contributed by atoms with van der Waals surface area (Å²) in [5, 5.41) is 0. The van der Waals surface area contributed by atoms with Crippen molar-refractivity contribution < 1.29 is 17.9 Å². The van der Waals surface area contributed by atoms with Gasteiger partial charge in [0.25, 0.3) is 0 Å². The number of piperazine rings is 1. The maximum atomic E-state index is 11.9. The van der Waals surface area contributed by atoms with Gasteiger partial charge in [0, 0.05) is 32.7 Å². The summed E-state index contributed by atoms with van der Waals surface area (Å²) < 4.78 is 39.4. The van der Waals surface area contributed by atoms with Gasteiger partial charge in [0.1, 0.15) is 0 Å². The molecule has 4 nitrogen and oxygen atoms in total. The molecule has 1 aliphatic heterocycles. The molecule has 0 bridgehead atoms. The van der Waals surface area contributed by atoms with E-state index < -0.39 is 6.36 Å². The van der Waals surface area contributed by atoms with E-state index in [1.165, 1.54) is 0 Å². The summed E-state index contributed by atoms with van der Waals surface area (Å²) in [6.07, 6.45) is -2.62. The first kappa shape index (κ1) is 17.6. The molecule has 1 fully saturated rings. The van der Waals surface area contributed by atoms with Gasteiger partial charge in [-0.1, -0.05) is 25.6 Å². The fraction of sp³-hybridized carbons (Fsp3) is 0.917. The van der Waals surface area contributed by atoms with Gasteiger partial charge in [-0.15, -0.1) is 13.2 Å². The van der Waals surface area contributed by atoms with E-state index in [4.69, 9.17) is 18.0 Å². The highest BCUT2D eigenvalue weighted by Crippen LogP contribution is 2.16. The summed E-state index contributed by atoms with van der Waals surface area (Å²) in [5.41, 5.74) is 5.75. The predicted octanol–water partition coefficient (Wildman–Crippen LogP) is 1.60. The Morgan fingerprint density at radius 2 is 1.90 bits per heavy atom. The van der Waals surface area contributed by atoms with Gasteiger partial charge in [-0.25, -0.2) is 0 Å². The minimum Gasteiger partial charge on any atom is -0.392 e. The van der Waals surface area contributed by atoms with E-state index in [0.29, 0.717) is 24.6 Å². The Labute approximate surface area is 123 Å². The molecule has 2 N–H and O–H groups in total. The van der Waals surface area contributed by atoms with Crippen LogP contribution in [0.15, 0.2) is 0 Å². The Balaban J connectivity index is 2.30. The molecule has 1 unspecified atom stereocenters. The van der Waals surface area contributed by atoms with E-state index in [0.717, 1.165) is 25.9 Å². The lowest BCUT2D eigenvalue weighted by molar-refractivity contribution is -0.325. The van der Waals surface area contributed by atoms with Gasteiger partial charge in [-0.05, 0) is 6.42 Å². The van der Waals surface area contributed by atoms with Crippen LogP contribution in [0.2, 0.25) is 0 Å². The van der Waals surface area contributed by atoms with E-state index >= 15 is 0 Å². The minimum atomic E-state index is -4.54. The smallest absolute Gasteiger partial charge is 0.392 e. The number of nitrogens with two attached hydrogens (primary N) is 1. The lowest BCUT2D eigenvalue weighted by Crippen LogP contribution is -2.54. The molecule has 1 atom stereocenters. The Morgan fingerprint density at radius 1 is 1.30 bits per heavy atom. The maximum absolute atomic E-state index is 11.9. The number of thiocarbonyl (C=S) groups is 1. The van der Waals surface area contributed by atoms with Crippen LogP contribution in [0.25, 0.3) is 0 Å². The van der Waals surface area contributed by atoms with Gasteiger partial charge >= 0.3 is 6.36 Å². The monoisotopic (exact) mass is 313 g/mol. The zero-order chi connectivity index (χ0) is 15.2. The van der Waals surface area contributed by atoms with E-state index in [1.807, 2.05) is 4.90 Å². The van der Waals surface area contributed by atoms with Crippen LogP contribution in [0.4, 0.5) is 13.2 Å². The molecule has 0 amide bonds. The fourth-order valence-electron chi connectivity index (χ4n) is 2.37. The SMILES string of the molecule is CCCC(C(N)=S)N1CCN(CCOC(F)(F)F)CC1. The molecule has 1 saturated heterocycles. The van der Waals surface area contributed by atoms with Crippen molar-refractivity contribution in [2.45, 2.75) is 32.2 Å². The molecule has 20 heavy (non-hydrogen) atoms. The molecule has 0 aromatic rings. The van der Waals surface area contributed by atoms with Crippen LogP contribution in [-0.4, -0.2) is 66.5 Å². The first-order chi connectivity index (χ1) is 9.33. The summed E-state index contributed by atoms with van der Waals surface area (Å²) in [6, 6.07) is 0.101. The Bertz CT molecular complexity index is 307. The fourth-order valence-corrected chi connectivity index (χ4v) is 2.63. The van der Waals surface area contributed by atoms with E-state index in [-0.39, 0.29) is 12.6 Å². The average molecular weight is 313 g/mol. The Kier molecular flexibility index (Phi) is 7.14. The van der Waals surface area contributed by atoms with Crippen molar-refractivity contribution in [3.63, 3.8) is 0 Å². The first-order valence-electron chi connectivity index (χ1n) is 6.80. The Morgan fingerprint density at radius 3 is 2.35 bits per heavy atom. The van der Waals surface area contributed by atoms with Crippen LogP contribution in [0, 0.1) is 0 Å². The third-order valence-corrected chi connectivity index (χ3v) is 3.68. The molecule has 0 spiro atoms. The molecule has 1 heterocycles. The molecular formula is C12H22F3N3OS. The predicted molar refractivity (Wildman–Crippen MR) is 75.5 cm³/mol. The number of rotatable bonds is 7. The zero-order valence-corrected chi connectivity index (χ0v) is 12.5. The molecule has 0 aromatic heterocycles. The number of halogens is 3.